The number of hydrogen-bond acceptors (Lipinski definition) is 3. The molecule has 1 atom stereocenters. The largest absolute Gasteiger partial charge is 0.370 e. The Morgan fingerprint density at radius 3 is 2.64 bits per heavy atom. The Bertz CT molecular complexity index is 170. The summed E-state index contributed by atoms with van der Waals surface area (Å²) in [6, 6.07) is 0.553. The van der Waals surface area contributed by atoms with Gasteiger partial charge in [0.05, 0.1) is 12.6 Å². The van der Waals surface area contributed by atoms with Crippen LogP contribution in [0.25, 0.3) is 0 Å². The van der Waals surface area contributed by atoms with E-state index in [-0.39, 0.29) is 0 Å². The number of nitrogens with two attached hydrogens (primary N) is 1. The monoisotopic (exact) mass is 153 g/mol. The molecule has 2 aliphatic rings. The van der Waals surface area contributed by atoms with Gasteiger partial charge in [0.1, 0.15) is 0 Å². The third-order valence-electron chi connectivity index (χ3n) is 2.76. The number of hydrogen-bond donors (Lipinski definition) is 2. The second kappa shape index (κ2) is 2.72. The van der Waals surface area contributed by atoms with Gasteiger partial charge in [0.25, 0.3) is 0 Å². The smallest absolute Gasteiger partial charge is 0.188 e. The van der Waals surface area contributed by atoms with Gasteiger partial charge in [-0.2, -0.15) is 0 Å². The molecule has 3 N–H and O–H groups in total. The maximum Gasteiger partial charge on any atom is 0.188 e. The molecule has 0 spiro atoms. The van der Waals surface area contributed by atoms with Crippen LogP contribution in [0.3, 0.4) is 0 Å². The molecular formula is C8H15N3. The topological polar surface area (TPSA) is 50.4 Å². The predicted molar refractivity (Wildman–Crippen MR) is 45.4 cm³/mol. The Balaban J connectivity index is 1.88. The molecule has 62 valence electrons. The third kappa shape index (κ3) is 1.32. The first kappa shape index (κ1) is 6.95. The van der Waals surface area contributed by atoms with E-state index in [1.807, 2.05) is 0 Å². The van der Waals surface area contributed by atoms with E-state index in [1.165, 1.54) is 25.7 Å². The minimum absolute atomic E-state index is 0.553. The summed E-state index contributed by atoms with van der Waals surface area (Å²) >= 11 is 0. The van der Waals surface area contributed by atoms with Crippen LogP contribution in [-0.2, 0) is 0 Å². The Kier molecular flexibility index (Phi) is 1.72. The van der Waals surface area contributed by atoms with E-state index >= 15 is 0 Å². The van der Waals surface area contributed by atoms with E-state index in [2.05, 4.69) is 10.3 Å². The summed E-state index contributed by atoms with van der Waals surface area (Å²) in [5.41, 5.74) is 5.53. The van der Waals surface area contributed by atoms with Crippen molar-refractivity contribution < 1.29 is 0 Å². The van der Waals surface area contributed by atoms with Crippen molar-refractivity contribution in [3.05, 3.63) is 0 Å². The lowest BCUT2D eigenvalue weighted by atomic mass is 9.99. The molecule has 0 aromatic rings. The second-order valence-electron chi connectivity index (χ2n) is 3.52. The maximum atomic E-state index is 5.53. The summed E-state index contributed by atoms with van der Waals surface area (Å²) in [7, 11) is 0. The standard InChI is InChI=1S/C8H15N3/c9-8-10-5-7(11-8)6-3-1-2-4-6/h6-7H,1-5H2,(H3,9,10,11). The zero-order valence-electron chi connectivity index (χ0n) is 6.71. The average molecular weight is 153 g/mol. The summed E-state index contributed by atoms with van der Waals surface area (Å²) in [6.07, 6.45) is 5.51. The van der Waals surface area contributed by atoms with Crippen LogP contribution in [0, 0.1) is 5.92 Å². The van der Waals surface area contributed by atoms with Gasteiger partial charge in [-0.15, -0.1) is 0 Å². The van der Waals surface area contributed by atoms with Crippen LogP contribution in [-0.4, -0.2) is 18.5 Å². The average Bonchev–Trinajstić information content (AvgIpc) is 2.55. The highest BCUT2D eigenvalue weighted by Gasteiger charge is 2.27. The Morgan fingerprint density at radius 1 is 1.36 bits per heavy atom. The lowest BCUT2D eigenvalue weighted by Gasteiger charge is -2.17. The number of rotatable bonds is 1. The fourth-order valence-corrected chi connectivity index (χ4v) is 2.10. The molecule has 1 aliphatic heterocycles. The molecule has 0 aromatic carbocycles. The molecule has 2 rings (SSSR count). The van der Waals surface area contributed by atoms with Crippen LogP contribution in [0.4, 0.5) is 0 Å². The fraction of sp³-hybridized carbons (Fsp3) is 0.875. The van der Waals surface area contributed by atoms with E-state index in [4.69, 9.17) is 5.73 Å². The quantitative estimate of drug-likeness (QED) is 0.575. The molecule has 3 nitrogen and oxygen atoms in total. The molecule has 0 saturated heterocycles. The molecule has 0 bridgehead atoms. The highest BCUT2D eigenvalue weighted by atomic mass is 15.2. The van der Waals surface area contributed by atoms with Gasteiger partial charge in [-0.05, 0) is 18.8 Å². The third-order valence-corrected chi connectivity index (χ3v) is 2.76. The zero-order chi connectivity index (χ0) is 7.68. The van der Waals surface area contributed by atoms with Crippen LogP contribution in [0.5, 0.6) is 0 Å². The van der Waals surface area contributed by atoms with Crippen molar-refractivity contribution >= 4 is 5.96 Å². The van der Waals surface area contributed by atoms with Crippen molar-refractivity contribution in [1.29, 1.82) is 0 Å². The second-order valence-corrected chi connectivity index (χ2v) is 3.52. The van der Waals surface area contributed by atoms with E-state index in [9.17, 15) is 0 Å². The molecule has 1 heterocycles. The molecule has 1 aliphatic carbocycles. The van der Waals surface area contributed by atoms with Gasteiger partial charge in [-0.1, -0.05) is 12.8 Å². The molecule has 3 heteroatoms. The molecular weight excluding hydrogens is 138 g/mol. The van der Waals surface area contributed by atoms with Gasteiger partial charge >= 0.3 is 0 Å². The van der Waals surface area contributed by atoms with Gasteiger partial charge in [0.2, 0.25) is 0 Å². The van der Waals surface area contributed by atoms with Crippen molar-refractivity contribution in [2.45, 2.75) is 31.7 Å². The first-order valence-corrected chi connectivity index (χ1v) is 4.43. The highest BCUT2D eigenvalue weighted by molar-refractivity contribution is 5.79. The van der Waals surface area contributed by atoms with Gasteiger partial charge in [-0.3, -0.25) is 4.99 Å². The SMILES string of the molecule is NC1=NCC(C2CCCC2)N1. The van der Waals surface area contributed by atoms with Crippen molar-refractivity contribution in [2.75, 3.05) is 6.54 Å². The van der Waals surface area contributed by atoms with Crippen molar-refractivity contribution in [3.8, 4) is 0 Å². The molecule has 0 aromatic heterocycles. The molecule has 0 radical (unpaired) electrons. The van der Waals surface area contributed by atoms with E-state index in [0.29, 0.717) is 12.0 Å². The summed E-state index contributed by atoms with van der Waals surface area (Å²) in [5, 5.41) is 3.22. The molecule has 1 fully saturated rings. The lowest BCUT2D eigenvalue weighted by Crippen LogP contribution is -2.39. The normalized spacial score (nSPS) is 32.0. The van der Waals surface area contributed by atoms with Gasteiger partial charge in [0, 0.05) is 0 Å². The van der Waals surface area contributed by atoms with Crippen LogP contribution in [0.2, 0.25) is 0 Å². The first-order valence-electron chi connectivity index (χ1n) is 4.43. The van der Waals surface area contributed by atoms with Crippen LogP contribution < -0.4 is 11.1 Å². The molecule has 1 unspecified atom stereocenters. The summed E-state index contributed by atoms with van der Waals surface area (Å²) < 4.78 is 0. The summed E-state index contributed by atoms with van der Waals surface area (Å²) in [5.74, 6) is 1.47. The fourth-order valence-electron chi connectivity index (χ4n) is 2.10. The van der Waals surface area contributed by atoms with Crippen molar-refractivity contribution in [3.63, 3.8) is 0 Å². The minimum atomic E-state index is 0.553. The van der Waals surface area contributed by atoms with Crippen molar-refractivity contribution in [2.24, 2.45) is 16.6 Å². The molecule has 1 saturated carbocycles. The van der Waals surface area contributed by atoms with E-state index < -0.39 is 0 Å². The number of aliphatic imine (C=N–C) groups is 1. The predicted octanol–water partition coefficient (Wildman–Crippen LogP) is 0.463. The lowest BCUT2D eigenvalue weighted by molar-refractivity contribution is 0.423. The molecule has 0 amide bonds. The van der Waals surface area contributed by atoms with Crippen LogP contribution >= 0.6 is 0 Å². The Morgan fingerprint density at radius 2 is 2.09 bits per heavy atom. The van der Waals surface area contributed by atoms with Gasteiger partial charge in [0.15, 0.2) is 5.96 Å². The highest BCUT2D eigenvalue weighted by Crippen LogP contribution is 2.28. The van der Waals surface area contributed by atoms with E-state index in [1.54, 1.807) is 0 Å². The Hall–Kier alpha value is -0.730. The first-order chi connectivity index (χ1) is 5.36. The van der Waals surface area contributed by atoms with E-state index in [0.717, 1.165) is 12.5 Å². The number of guanidine groups is 1. The maximum absolute atomic E-state index is 5.53. The zero-order valence-corrected chi connectivity index (χ0v) is 6.71. The van der Waals surface area contributed by atoms with Gasteiger partial charge < -0.3 is 11.1 Å². The Labute approximate surface area is 67.1 Å². The number of nitrogens with one attached hydrogen (secondary N) is 1. The summed E-state index contributed by atoms with van der Waals surface area (Å²) in [6.45, 7) is 0.899. The summed E-state index contributed by atoms with van der Waals surface area (Å²) in [4.78, 5) is 4.15. The van der Waals surface area contributed by atoms with Crippen LogP contribution in [0.1, 0.15) is 25.7 Å². The number of nitrogens with zero attached hydrogens (tertiary/aromatic N) is 1. The molecule has 11 heavy (non-hydrogen) atoms. The van der Waals surface area contributed by atoms with Crippen molar-refractivity contribution in [1.82, 2.24) is 5.32 Å². The van der Waals surface area contributed by atoms with Crippen LogP contribution in [0.15, 0.2) is 4.99 Å². The minimum Gasteiger partial charge on any atom is -0.370 e. The van der Waals surface area contributed by atoms with Gasteiger partial charge in [-0.25, -0.2) is 0 Å².